The van der Waals surface area contributed by atoms with E-state index in [4.69, 9.17) is 4.98 Å². The van der Waals surface area contributed by atoms with Crippen molar-refractivity contribution in [2.24, 2.45) is 0 Å². The molecule has 2 rings (SSSR count). The SMILES string of the molecule is CNC(C)c1nc(-c2cc(C(C)(C)C)c(O)c(C(C)(C)C)c2)cs1. The third-order valence-corrected chi connectivity index (χ3v) is 5.37. The van der Waals surface area contributed by atoms with Gasteiger partial charge in [0.25, 0.3) is 0 Å². The van der Waals surface area contributed by atoms with Crippen LogP contribution in [0.25, 0.3) is 11.3 Å². The van der Waals surface area contributed by atoms with Gasteiger partial charge in [0, 0.05) is 22.1 Å². The van der Waals surface area contributed by atoms with Gasteiger partial charge >= 0.3 is 0 Å². The van der Waals surface area contributed by atoms with Crippen molar-refractivity contribution in [3.8, 4) is 17.0 Å². The Kier molecular flexibility index (Phi) is 5.12. The van der Waals surface area contributed by atoms with Crippen molar-refractivity contribution in [3.63, 3.8) is 0 Å². The molecule has 24 heavy (non-hydrogen) atoms. The summed E-state index contributed by atoms with van der Waals surface area (Å²) in [4.78, 5) is 4.80. The van der Waals surface area contributed by atoms with Gasteiger partial charge in [-0.05, 0) is 36.9 Å². The first-order valence-corrected chi connectivity index (χ1v) is 9.34. The molecule has 1 aromatic heterocycles. The molecular weight excluding hydrogens is 316 g/mol. The van der Waals surface area contributed by atoms with Gasteiger partial charge in [-0.15, -0.1) is 11.3 Å². The van der Waals surface area contributed by atoms with E-state index in [1.807, 2.05) is 7.05 Å². The number of rotatable bonds is 3. The molecule has 0 aliphatic heterocycles. The van der Waals surface area contributed by atoms with Crippen molar-refractivity contribution in [2.45, 2.75) is 65.3 Å². The highest BCUT2D eigenvalue weighted by Crippen LogP contribution is 2.42. The number of benzene rings is 1. The van der Waals surface area contributed by atoms with Crippen molar-refractivity contribution >= 4 is 11.3 Å². The molecule has 1 aromatic carbocycles. The molecule has 0 spiro atoms. The van der Waals surface area contributed by atoms with Crippen LogP contribution >= 0.6 is 11.3 Å². The van der Waals surface area contributed by atoms with Gasteiger partial charge in [-0.2, -0.15) is 0 Å². The summed E-state index contributed by atoms with van der Waals surface area (Å²) in [5, 5.41) is 17.3. The Hall–Kier alpha value is -1.39. The van der Waals surface area contributed by atoms with E-state index in [0.29, 0.717) is 5.75 Å². The van der Waals surface area contributed by atoms with Crippen molar-refractivity contribution in [2.75, 3.05) is 7.05 Å². The van der Waals surface area contributed by atoms with Gasteiger partial charge in [-0.3, -0.25) is 0 Å². The van der Waals surface area contributed by atoms with Gasteiger partial charge in [0.15, 0.2) is 0 Å². The summed E-state index contributed by atoms with van der Waals surface area (Å²) in [5.74, 6) is 0.415. The molecule has 4 heteroatoms. The van der Waals surface area contributed by atoms with Crippen LogP contribution < -0.4 is 5.32 Å². The number of aromatic hydroxyl groups is 1. The predicted octanol–water partition coefficient (Wildman–Crippen LogP) is 5.39. The third-order valence-electron chi connectivity index (χ3n) is 4.35. The fourth-order valence-corrected chi connectivity index (χ4v) is 3.56. The van der Waals surface area contributed by atoms with Crippen molar-refractivity contribution < 1.29 is 5.11 Å². The van der Waals surface area contributed by atoms with Gasteiger partial charge < -0.3 is 10.4 Å². The zero-order valence-electron chi connectivity index (χ0n) is 16.1. The summed E-state index contributed by atoms with van der Waals surface area (Å²) in [6.07, 6.45) is 0. The number of thiazole rings is 1. The van der Waals surface area contributed by atoms with Gasteiger partial charge in [0.05, 0.1) is 11.7 Å². The largest absolute Gasteiger partial charge is 0.507 e. The maximum absolute atomic E-state index is 10.8. The highest BCUT2D eigenvalue weighted by atomic mass is 32.1. The number of nitrogens with zero attached hydrogens (tertiary/aromatic N) is 1. The van der Waals surface area contributed by atoms with Crippen LogP contribution in [0.15, 0.2) is 17.5 Å². The highest BCUT2D eigenvalue weighted by molar-refractivity contribution is 7.10. The maximum atomic E-state index is 10.8. The molecule has 0 radical (unpaired) electrons. The molecular formula is C20H30N2OS. The molecule has 3 nitrogen and oxygen atoms in total. The lowest BCUT2D eigenvalue weighted by molar-refractivity contribution is 0.423. The normalized spacial score (nSPS) is 14.0. The van der Waals surface area contributed by atoms with Crippen LogP contribution in [0.5, 0.6) is 5.75 Å². The first-order valence-electron chi connectivity index (χ1n) is 8.46. The fourth-order valence-electron chi connectivity index (χ4n) is 2.67. The van der Waals surface area contributed by atoms with Crippen LogP contribution in [0.4, 0.5) is 0 Å². The summed E-state index contributed by atoms with van der Waals surface area (Å²) in [6, 6.07) is 4.42. The zero-order valence-corrected chi connectivity index (χ0v) is 16.9. The molecule has 0 saturated carbocycles. The Balaban J connectivity index is 2.64. The Labute approximate surface area is 150 Å². The van der Waals surface area contributed by atoms with Crippen LogP contribution in [0.1, 0.15) is 70.6 Å². The molecule has 132 valence electrons. The highest BCUT2D eigenvalue weighted by Gasteiger charge is 2.27. The Morgan fingerprint density at radius 1 is 1.04 bits per heavy atom. The van der Waals surface area contributed by atoms with E-state index >= 15 is 0 Å². The van der Waals surface area contributed by atoms with Crippen LogP contribution in [-0.2, 0) is 10.8 Å². The van der Waals surface area contributed by atoms with Gasteiger partial charge in [0.2, 0.25) is 0 Å². The van der Waals surface area contributed by atoms with Crippen LogP contribution in [0, 0.1) is 0 Å². The summed E-state index contributed by atoms with van der Waals surface area (Å²) in [6.45, 7) is 14.9. The Morgan fingerprint density at radius 2 is 1.54 bits per heavy atom. The molecule has 1 unspecified atom stereocenters. The smallest absolute Gasteiger partial charge is 0.123 e. The van der Waals surface area contributed by atoms with E-state index in [0.717, 1.165) is 27.4 Å². The summed E-state index contributed by atoms with van der Waals surface area (Å²) in [5.41, 5.74) is 3.75. The van der Waals surface area contributed by atoms with Gasteiger partial charge in [0.1, 0.15) is 10.8 Å². The molecule has 0 aliphatic rings. The molecule has 1 heterocycles. The quantitative estimate of drug-likeness (QED) is 0.783. The minimum absolute atomic E-state index is 0.128. The average Bonchev–Trinajstić information content (AvgIpc) is 2.94. The lowest BCUT2D eigenvalue weighted by atomic mass is 9.78. The van der Waals surface area contributed by atoms with E-state index in [2.05, 4.69) is 71.3 Å². The number of phenols is 1. The minimum atomic E-state index is -0.128. The lowest BCUT2D eigenvalue weighted by Gasteiger charge is -2.28. The van der Waals surface area contributed by atoms with Crippen molar-refractivity contribution in [3.05, 3.63) is 33.6 Å². The summed E-state index contributed by atoms with van der Waals surface area (Å²) in [7, 11) is 1.95. The average molecular weight is 347 g/mol. The monoisotopic (exact) mass is 346 g/mol. The lowest BCUT2D eigenvalue weighted by Crippen LogP contribution is -2.17. The minimum Gasteiger partial charge on any atom is -0.507 e. The predicted molar refractivity (Wildman–Crippen MR) is 104 cm³/mol. The summed E-state index contributed by atoms with van der Waals surface area (Å²) >= 11 is 1.67. The molecule has 0 bridgehead atoms. The Morgan fingerprint density at radius 3 is 1.96 bits per heavy atom. The molecule has 0 aliphatic carbocycles. The molecule has 2 N–H and O–H groups in total. The van der Waals surface area contributed by atoms with E-state index in [9.17, 15) is 5.11 Å². The van der Waals surface area contributed by atoms with E-state index in [1.54, 1.807) is 11.3 Å². The zero-order chi connectivity index (χ0) is 18.3. The van der Waals surface area contributed by atoms with E-state index in [-0.39, 0.29) is 16.9 Å². The first-order chi connectivity index (χ1) is 10.9. The molecule has 1 atom stereocenters. The van der Waals surface area contributed by atoms with E-state index in [1.165, 1.54) is 0 Å². The second kappa shape index (κ2) is 6.49. The third kappa shape index (κ3) is 3.81. The Bertz CT molecular complexity index is 685. The van der Waals surface area contributed by atoms with Crippen LogP contribution in [-0.4, -0.2) is 17.1 Å². The van der Waals surface area contributed by atoms with Crippen LogP contribution in [0.2, 0.25) is 0 Å². The number of aromatic nitrogens is 1. The number of hydrogen-bond donors (Lipinski definition) is 2. The van der Waals surface area contributed by atoms with E-state index < -0.39 is 0 Å². The van der Waals surface area contributed by atoms with Crippen molar-refractivity contribution in [1.29, 1.82) is 0 Å². The molecule has 0 saturated heterocycles. The summed E-state index contributed by atoms with van der Waals surface area (Å²) < 4.78 is 0. The first kappa shape index (κ1) is 18.9. The topological polar surface area (TPSA) is 45.2 Å². The number of hydrogen-bond acceptors (Lipinski definition) is 4. The molecule has 0 fully saturated rings. The molecule has 0 amide bonds. The second-order valence-electron chi connectivity index (χ2n) is 8.50. The number of nitrogens with one attached hydrogen (secondary N) is 1. The van der Waals surface area contributed by atoms with Gasteiger partial charge in [-0.1, -0.05) is 41.5 Å². The van der Waals surface area contributed by atoms with Crippen LogP contribution in [0.3, 0.4) is 0 Å². The second-order valence-corrected chi connectivity index (χ2v) is 9.39. The fraction of sp³-hybridized carbons (Fsp3) is 0.550. The van der Waals surface area contributed by atoms with Gasteiger partial charge in [-0.25, -0.2) is 4.98 Å². The number of phenolic OH excluding ortho intramolecular Hbond substituents is 1. The standard InChI is InChI=1S/C20H30N2OS/c1-12(21-8)18-22-16(11-24-18)13-9-14(19(2,3)4)17(23)15(10-13)20(5,6)7/h9-12,21,23H,1-8H3. The maximum Gasteiger partial charge on any atom is 0.123 e. The van der Waals surface area contributed by atoms with Crippen molar-refractivity contribution in [1.82, 2.24) is 10.3 Å². The molecule has 2 aromatic rings.